The minimum Gasteiger partial charge on any atom is -0.490 e. The fourth-order valence-electron chi connectivity index (χ4n) is 1.83. The average Bonchev–Trinajstić information content (AvgIpc) is 2.42. The van der Waals surface area contributed by atoms with Gasteiger partial charge in [0.05, 0.1) is 12.0 Å². The minimum absolute atomic E-state index is 0.0274. The van der Waals surface area contributed by atoms with Crippen molar-refractivity contribution in [3.63, 3.8) is 0 Å². The van der Waals surface area contributed by atoms with Crippen molar-refractivity contribution in [3.05, 3.63) is 28.3 Å². The standard InChI is InChI=1S/C13H20N2O4/c1-19-12-8-6-7-11(13(12)15(17)18)14-9-4-2-3-5-10-16/h6-8,14,16H,2-5,9-10H2,1H3. The Morgan fingerprint density at radius 2 is 2.05 bits per heavy atom. The Labute approximate surface area is 112 Å². The molecule has 0 radical (unpaired) electrons. The Morgan fingerprint density at radius 3 is 2.68 bits per heavy atom. The third-order valence-corrected chi connectivity index (χ3v) is 2.80. The van der Waals surface area contributed by atoms with Gasteiger partial charge in [0, 0.05) is 13.2 Å². The second kappa shape index (κ2) is 8.31. The molecule has 0 atom stereocenters. The highest BCUT2D eigenvalue weighted by atomic mass is 16.6. The van der Waals surface area contributed by atoms with Crippen molar-refractivity contribution in [3.8, 4) is 5.75 Å². The molecule has 0 saturated carbocycles. The maximum atomic E-state index is 11.0. The number of aliphatic hydroxyl groups excluding tert-OH is 1. The summed E-state index contributed by atoms with van der Waals surface area (Å²) in [7, 11) is 1.42. The SMILES string of the molecule is COc1cccc(NCCCCCCO)c1[N+](=O)[O-]. The molecule has 0 bridgehead atoms. The first-order chi connectivity index (χ1) is 9.20. The third-order valence-electron chi connectivity index (χ3n) is 2.80. The summed E-state index contributed by atoms with van der Waals surface area (Å²) in [5.41, 5.74) is 0.451. The Morgan fingerprint density at radius 1 is 1.32 bits per heavy atom. The number of aliphatic hydroxyl groups is 1. The number of nitrogens with zero attached hydrogens (tertiary/aromatic N) is 1. The van der Waals surface area contributed by atoms with Crippen molar-refractivity contribution in [2.75, 3.05) is 25.6 Å². The molecule has 6 nitrogen and oxygen atoms in total. The van der Waals surface area contributed by atoms with Crippen molar-refractivity contribution in [1.82, 2.24) is 0 Å². The van der Waals surface area contributed by atoms with E-state index in [1.165, 1.54) is 7.11 Å². The summed E-state index contributed by atoms with van der Waals surface area (Å²) in [6.07, 6.45) is 3.68. The number of benzene rings is 1. The van der Waals surface area contributed by atoms with Crippen LogP contribution in [0.2, 0.25) is 0 Å². The number of hydrogen-bond donors (Lipinski definition) is 2. The van der Waals surface area contributed by atoms with Gasteiger partial charge in [-0.25, -0.2) is 0 Å². The predicted octanol–water partition coefficient (Wildman–Crippen LogP) is 2.57. The van der Waals surface area contributed by atoms with Crippen LogP contribution in [0.3, 0.4) is 0 Å². The molecule has 0 aliphatic carbocycles. The Kier molecular flexibility index (Phi) is 6.67. The van der Waals surface area contributed by atoms with Gasteiger partial charge in [0.25, 0.3) is 0 Å². The molecular formula is C13H20N2O4. The fraction of sp³-hybridized carbons (Fsp3) is 0.538. The van der Waals surface area contributed by atoms with Crippen molar-refractivity contribution in [2.45, 2.75) is 25.7 Å². The van der Waals surface area contributed by atoms with Crippen LogP contribution in [-0.4, -0.2) is 30.3 Å². The van der Waals surface area contributed by atoms with Gasteiger partial charge in [-0.05, 0) is 25.0 Å². The maximum Gasteiger partial charge on any atom is 0.333 e. The molecule has 0 heterocycles. The van der Waals surface area contributed by atoms with Crippen molar-refractivity contribution >= 4 is 11.4 Å². The summed E-state index contributed by atoms with van der Waals surface area (Å²) in [5, 5.41) is 22.7. The lowest BCUT2D eigenvalue weighted by molar-refractivity contribution is -0.384. The first-order valence-electron chi connectivity index (χ1n) is 6.36. The highest BCUT2D eigenvalue weighted by molar-refractivity contribution is 5.68. The highest BCUT2D eigenvalue weighted by Crippen LogP contribution is 2.34. The van der Waals surface area contributed by atoms with Crippen LogP contribution in [-0.2, 0) is 0 Å². The van der Waals surface area contributed by atoms with Crippen LogP contribution in [0.4, 0.5) is 11.4 Å². The molecule has 0 fully saturated rings. The van der Waals surface area contributed by atoms with E-state index in [-0.39, 0.29) is 18.0 Å². The Bertz CT molecular complexity index is 410. The molecule has 1 aromatic rings. The second-order valence-corrected chi connectivity index (χ2v) is 4.18. The lowest BCUT2D eigenvalue weighted by atomic mass is 10.2. The van der Waals surface area contributed by atoms with Crippen LogP contribution in [0.5, 0.6) is 5.75 Å². The van der Waals surface area contributed by atoms with E-state index in [2.05, 4.69) is 5.32 Å². The van der Waals surface area contributed by atoms with Gasteiger partial charge in [-0.3, -0.25) is 10.1 Å². The topological polar surface area (TPSA) is 84.6 Å². The number of methoxy groups -OCH3 is 1. The van der Waals surface area contributed by atoms with Gasteiger partial charge in [0.15, 0.2) is 5.75 Å². The molecular weight excluding hydrogens is 248 g/mol. The second-order valence-electron chi connectivity index (χ2n) is 4.18. The quantitative estimate of drug-likeness (QED) is 0.408. The molecule has 1 aromatic carbocycles. The van der Waals surface area contributed by atoms with Crippen LogP contribution >= 0.6 is 0 Å². The summed E-state index contributed by atoms with van der Waals surface area (Å²) >= 11 is 0. The van der Waals surface area contributed by atoms with Crippen LogP contribution in [0.15, 0.2) is 18.2 Å². The van der Waals surface area contributed by atoms with E-state index in [1.54, 1.807) is 18.2 Å². The Hall–Kier alpha value is -1.82. The fourth-order valence-corrected chi connectivity index (χ4v) is 1.83. The molecule has 0 spiro atoms. The van der Waals surface area contributed by atoms with E-state index in [0.717, 1.165) is 25.7 Å². The molecule has 19 heavy (non-hydrogen) atoms. The van der Waals surface area contributed by atoms with Crippen LogP contribution in [0, 0.1) is 10.1 Å². The molecule has 0 aromatic heterocycles. The zero-order valence-corrected chi connectivity index (χ0v) is 11.1. The predicted molar refractivity (Wildman–Crippen MR) is 73.7 cm³/mol. The van der Waals surface area contributed by atoms with Crippen LogP contribution < -0.4 is 10.1 Å². The van der Waals surface area contributed by atoms with Crippen molar-refractivity contribution in [2.24, 2.45) is 0 Å². The summed E-state index contributed by atoms with van der Waals surface area (Å²) in [6.45, 7) is 0.883. The van der Waals surface area contributed by atoms with Gasteiger partial charge >= 0.3 is 5.69 Å². The molecule has 6 heteroatoms. The lowest BCUT2D eigenvalue weighted by Crippen LogP contribution is -2.05. The number of nitro benzene ring substituents is 1. The van der Waals surface area contributed by atoms with E-state index < -0.39 is 4.92 Å². The van der Waals surface area contributed by atoms with E-state index in [4.69, 9.17) is 9.84 Å². The summed E-state index contributed by atoms with van der Waals surface area (Å²) in [5.74, 6) is 0.260. The molecule has 0 unspecified atom stereocenters. The van der Waals surface area contributed by atoms with Gasteiger partial charge in [0.1, 0.15) is 5.69 Å². The zero-order chi connectivity index (χ0) is 14.1. The Balaban J connectivity index is 2.55. The molecule has 2 N–H and O–H groups in total. The summed E-state index contributed by atoms with van der Waals surface area (Å²) < 4.78 is 5.00. The number of hydrogen-bond acceptors (Lipinski definition) is 5. The number of para-hydroxylation sites is 1. The van der Waals surface area contributed by atoms with Gasteiger partial charge in [-0.1, -0.05) is 18.9 Å². The van der Waals surface area contributed by atoms with Gasteiger partial charge in [0.2, 0.25) is 0 Å². The number of ether oxygens (including phenoxy) is 1. The average molecular weight is 268 g/mol. The van der Waals surface area contributed by atoms with E-state index in [9.17, 15) is 10.1 Å². The lowest BCUT2D eigenvalue weighted by Gasteiger charge is -2.09. The monoisotopic (exact) mass is 268 g/mol. The molecule has 0 amide bonds. The number of rotatable bonds is 9. The summed E-state index contributed by atoms with van der Waals surface area (Å²) in [6, 6.07) is 4.97. The van der Waals surface area contributed by atoms with Gasteiger partial charge in [-0.2, -0.15) is 0 Å². The number of anilines is 1. The molecule has 0 saturated heterocycles. The minimum atomic E-state index is -0.438. The van der Waals surface area contributed by atoms with E-state index in [0.29, 0.717) is 12.2 Å². The van der Waals surface area contributed by atoms with E-state index >= 15 is 0 Å². The van der Waals surface area contributed by atoms with Crippen molar-refractivity contribution in [1.29, 1.82) is 0 Å². The first kappa shape index (κ1) is 15.2. The van der Waals surface area contributed by atoms with Crippen LogP contribution in [0.1, 0.15) is 25.7 Å². The number of nitrogens with one attached hydrogen (secondary N) is 1. The van der Waals surface area contributed by atoms with Gasteiger partial charge < -0.3 is 15.2 Å². The van der Waals surface area contributed by atoms with Gasteiger partial charge in [-0.15, -0.1) is 0 Å². The normalized spacial score (nSPS) is 10.2. The molecule has 0 aliphatic rings. The third kappa shape index (κ3) is 4.75. The molecule has 106 valence electrons. The van der Waals surface area contributed by atoms with E-state index in [1.807, 2.05) is 0 Å². The smallest absolute Gasteiger partial charge is 0.333 e. The molecule has 0 aliphatic heterocycles. The summed E-state index contributed by atoms with van der Waals surface area (Å²) in [4.78, 5) is 10.6. The molecule has 1 rings (SSSR count). The highest BCUT2D eigenvalue weighted by Gasteiger charge is 2.19. The van der Waals surface area contributed by atoms with Crippen LogP contribution in [0.25, 0.3) is 0 Å². The van der Waals surface area contributed by atoms with Crippen molar-refractivity contribution < 1.29 is 14.8 Å². The number of unbranched alkanes of at least 4 members (excludes halogenated alkanes) is 3. The number of nitro groups is 1. The maximum absolute atomic E-state index is 11.0. The zero-order valence-electron chi connectivity index (χ0n) is 11.1. The first-order valence-corrected chi connectivity index (χ1v) is 6.36. The largest absolute Gasteiger partial charge is 0.490 e.